The fourth-order valence-electron chi connectivity index (χ4n) is 2.00. The Balaban J connectivity index is 4.46. The molecule has 0 bridgehead atoms. The third-order valence-electron chi connectivity index (χ3n) is 3.53. The topological polar surface area (TPSA) is 15.3 Å². The quantitative estimate of drug-likeness (QED) is 0.720. The van der Waals surface area contributed by atoms with Gasteiger partial charge < -0.3 is 5.32 Å². The highest BCUT2D eigenvalue weighted by atomic mass is 15.2. The van der Waals surface area contributed by atoms with Crippen LogP contribution in [0.15, 0.2) is 0 Å². The van der Waals surface area contributed by atoms with Gasteiger partial charge in [0.2, 0.25) is 0 Å². The van der Waals surface area contributed by atoms with Gasteiger partial charge in [0.25, 0.3) is 0 Å². The number of likely N-dealkylation sites (N-methyl/N-ethyl adjacent to an activating group) is 2. The molecular formula is C14H32N2. The van der Waals surface area contributed by atoms with Crippen LogP contribution < -0.4 is 5.32 Å². The van der Waals surface area contributed by atoms with Gasteiger partial charge in [0.05, 0.1) is 0 Å². The van der Waals surface area contributed by atoms with Crippen molar-refractivity contribution >= 4 is 0 Å². The maximum atomic E-state index is 3.62. The molecule has 0 aliphatic heterocycles. The summed E-state index contributed by atoms with van der Waals surface area (Å²) in [5, 5.41) is 3.62. The zero-order valence-electron chi connectivity index (χ0n) is 12.4. The van der Waals surface area contributed by atoms with Gasteiger partial charge in [0.1, 0.15) is 0 Å². The van der Waals surface area contributed by atoms with Gasteiger partial charge in [-0.1, -0.05) is 41.5 Å². The van der Waals surface area contributed by atoms with E-state index in [1.54, 1.807) is 0 Å². The summed E-state index contributed by atoms with van der Waals surface area (Å²) in [6, 6.07) is 1.26. The number of nitrogens with one attached hydrogen (secondary N) is 1. The zero-order valence-corrected chi connectivity index (χ0v) is 12.4. The average molecular weight is 228 g/mol. The number of nitrogens with zero attached hydrogens (tertiary/aromatic N) is 1. The molecule has 0 saturated carbocycles. The van der Waals surface area contributed by atoms with E-state index < -0.39 is 0 Å². The van der Waals surface area contributed by atoms with E-state index in [2.05, 4.69) is 58.7 Å². The molecule has 0 aromatic rings. The summed E-state index contributed by atoms with van der Waals surface area (Å²) in [4.78, 5) is 2.58. The number of rotatable bonds is 7. The van der Waals surface area contributed by atoms with E-state index in [-0.39, 0.29) is 0 Å². The second kappa shape index (κ2) is 7.29. The van der Waals surface area contributed by atoms with Crippen LogP contribution in [0.3, 0.4) is 0 Å². The second-order valence-electron chi connectivity index (χ2n) is 5.82. The largest absolute Gasteiger partial charge is 0.312 e. The molecule has 0 aliphatic rings. The number of hydrogen-bond donors (Lipinski definition) is 1. The van der Waals surface area contributed by atoms with E-state index in [9.17, 15) is 0 Å². The zero-order chi connectivity index (χ0) is 12.8. The first-order chi connectivity index (χ1) is 7.36. The minimum atomic E-state index is 0.330. The van der Waals surface area contributed by atoms with Crippen LogP contribution in [0, 0.1) is 5.41 Å². The SMILES string of the molecule is CCNC(CN(CC)C(C)CC)C(C)(C)C. The van der Waals surface area contributed by atoms with E-state index in [1.165, 1.54) is 6.42 Å². The summed E-state index contributed by atoms with van der Waals surface area (Å²) >= 11 is 0. The van der Waals surface area contributed by atoms with Crippen LogP contribution in [0.4, 0.5) is 0 Å². The Kier molecular flexibility index (Phi) is 7.25. The Labute approximate surface area is 103 Å². The maximum Gasteiger partial charge on any atom is 0.0243 e. The molecular weight excluding hydrogens is 196 g/mol. The molecule has 2 unspecified atom stereocenters. The van der Waals surface area contributed by atoms with Gasteiger partial charge in [-0.05, 0) is 31.8 Å². The molecule has 0 spiro atoms. The first-order valence-electron chi connectivity index (χ1n) is 6.84. The van der Waals surface area contributed by atoms with E-state index in [0.717, 1.165) is 19.6 Å². The average Bonchev–Trinajstić information content (AvgIpc) is 2.21. The van der Waals surface area contributed by atoms with E-state index >= 15 is 0 Å². The van der Waals surface area contributed by atoms with Crippen molar-refractivity contribution in [3.05, 3.63) is 0 Å². The molecule has 2 nitrogen and oxygen atoms in total. The molecule has 0 aliphatic carbocycles. The molecule has 98 valence electrons. The van der Waals surface area contributed by atoms with Crippen molar-refractivity contribution in [1.29, 1.82) is 0 Å². The Morgan fingerprint density at radius 2 is 1.69 bits per heavy atom. The van der Waals surface area contributed by atoms with Crippen molar-refractivity contribution in [2.24, 2.45) is 5.41 Å². The predicted molar refractivity (Wildman–Crippen MR) is 73.9 cm³/mol. The van der Waals surface area contributed by atoms with Crippen molar-refractivity contribution < 1.29 is 0 Å². The van der Waals surface area contributed by atoms with Gasteiger partial charge in [-0.2, -0.15) is 0 Å². The summed E-state index contributed by atoms with van der Waals surface area (Å²) in [7, 11) is 0. The van der Waals surface area contributed by atoms with E-state index in [1.807, 2.05) is 0 Å². The molecule has 0 fully saturated rings. The molecule has 0 rings (SSSR count). The smallest absolute Gasteiger partial charge is 0.0243 e. The number of hydrogen-bond acceptors (Lipinski definition) is 2. The van der Waals surface area contributed by atoms with Crippen LogP contribution in [0.1, 0.15) is 54.9 Å². The summed E-state index contributed by atoms with van der Waals surface area (Å²) in [5.74, 6) is 0. The van der Waals surface area contributed by atoms with Crippen molar-refractivity contribution in [3.63, 3.8) is 0 Å². The minimum Gasteiger partial charge on any atom is -0.312 e. The first kappa shape index (κ1) is 15.9. The highest BCUT2D eigenvalue weighted by molar-refractivity contribution is 4.84. The van der Waals surface area contributed by atoms with Crippen molar-refractivity contribution in [2.75, 3.05) is 19.6 Å². The normalized spacial score (nSPS) is 16.5. The van der Waals surface area contributed by atoms with Gasteiger partial charge in [0.15, 0.2) is 0 Å². The molecule has 0 amide bonds. The fourth-order valence-corrected chi connectivity index (χ4v) is 2.00. The lowest BCUT2D eigenvalue weighted by molar-refractivity contribution is 0.144. The van der Waals surface area contributed by atoms with Crippen molar-refractivity contribution in [3.8, 4) is 0 Å². The molecule has 0 radical (unpaired) electrons. The molecule has 16 heavy (non-hydrogen) atoms. The van der Waals surface area contributed by atoms with E-state index in [4.69, 9.17) is 0 Å². The van der Waals surface area contributed by atoms with Crippen LogP contribution in [0.25, 0.3) is 0 Å². The molecule has 0 saturated heterocycles. The lowest BCUT2D eigenvalue weighted by Crippen LogP contribution is -2.50. The Morgan fingerprint density at radius 3 is 2.00 bits per heavy atom. The van der Waals surface area contributed by atoms with E-state index in [0.29, 0.717) is 17.5 Å². The van der Waals surface area contributed by atoms with Crippen LogP contribution in [-0.4, -0.2) is 36.6 Å². The lowest BCUT2D eigenvalue weighted by Gasteiger charge is -2.38. The highest BCUT2D eigenvalue weighted by Crippen LogP contribution is 2.21. The third kappa shape index (κ3) is 5.31. The van der Waals surface area contributed by atoms with Crippen LogP contribution in [0.2, 0.25) is 0 Å². The molecule has 2 heteroatoms. The van der Waals surface area contributed by atoms with Crippen LogP contribution in [-0.2, 0) is 0 Å². The van der Waals surface area contributed by atoms with Crippen LogP contribution >= 0.6 is 0 Å². The summed E-state index contributed by atoms with van der Waals surface area (Å²) in [6.45, 7) is 19.4. The van der Waals surface area contributed by atoms with Gasteiger partial charge in [-0.25, -0.2) is 0 Å². The lowest BCUT2D eigenvalue weighted by atomic mass is 9.86. The summed E-state index contributed by atoms with van der Waals surface area (Å²) in [6.07, 6.45) is 1.23. The predicted octanol–water partition coefficient (Wildman–Crippen LogP) is 3.13. The Bertz CT molecular complexity index is 172. The fraction of sp³-hybridized carbons (Fsp3) is 1.00. The van der Waals surface area contributed by atoms with Gasteiger partial charge >= 0.3 is 0 Å². The monoisotopic (exact) mass is 228 g/mol. The van der Waals surface area contributed by atoms with Gasteiger partial charge in [-0.15, -0.1) is 0 Å². The van der Waals surface area contributed by atoms with Crippen LogP contribution in [0.5, 0.6) is 0 Å². The van der Waals surface area contributed by atoms with Crippen molar-refractivity contribution in [1.82, 2.24) is 10.2 Å². The molecule has 0 aromatic heterocycles. The highest BCUT2D eigenvalue weighted by Gasteiger charge is 2.26. The van der Waals surface area contributed by atoms with Gasteiger partial charge in [-0.3, -0.25) is 4.90 Å². The third-order valence-corrected chi connectivity index (χ3v) is 3.53. The van der Waals surface area contributed by atoms with Gasteiger partial charge in [0, 0.05) is 18.6 Å². The standard InChI is InChI=1S/C14H32N2/c1-8-12(4)16(10-3)11-13(15-9-2)14(5,6)7/h12-13,15H,8-11H2,1-7H3. The summed E-state index contributed by atoms with van der Waals surface area (Å²) in [5.41, 5.74) is 0.330. The maximum absolute atomic E-state index is 3.62. The summed E-state index contributed by atoms with van der Waals surface area (Å²) < 4.78 is 0. The molecule has 0 heterocycles. The minimum absolute atomic E-state index is 0.330. The first-order valence-corrected chi connectivity index (χ1v) is 6.84. The van der Waals surface area contributed by atoms with Crippen molar-refractivity contribution in [2.45, 2.75) is 67.0 Å². The Hall–Kier alpha value is -0.0800. The molecule has 1 N–H and O–H groups in total. The second-order valence-corrected chi connectivity index (χ2v) is 5.82. The molecule has 0 aromatic carbocycles. The molecule has 2 atom stereocenters. The Morgan fingerprint density at radius 1 is 1.12 bits per heavy atom.